The molecular formula is C10H14Cl2N+. The molecule has 1 atom stereocenters. The van der Waals surface area contributed by atoms with E-state index in [1.54, 1.807) is 0 Å². The van der Waals surface area contributed by atoms with Gasteiger partial charge in [-0.05, 0) is 5.57 Å². The summed E-state index contributed by atoms with van der Waals surface area (Å²) in [7, 11) is 4.47. The first-order chi connectivity index (χ1) is 5.99. The molecule has 1 saturated heterocycles. The zero-order valence-corrected chi connectivity index (χ0v) is 9.49. The molecule has 2 aliphatic rings. The van der Waals surface area contributed by atoms with Crippen molar-refractivity contribution in [2.75, 3.05) is 27.2 Å². The van der Waals surface area contributed by atoms with E-state index in [0.717, 1.165) is 34.1 Å². The van der Waals surface area contributed by atoms with Crippen LogP contribution in [0.4, 0.5) is 0 Å². The fourth-order valence-electron chi connectivity index (χ4n) is 2.24. The Labute approximate surface area is 89.2 Å². The van der Waals surface area contributed by atoms with Crippen molar-refractivity contribution < 1.29 is 4.48 Å². The van der Waals surface area contributed by atoms with Crippen LogP contribution in [0.2, 0.25) is 0 Å². The Morgan fingerprint density at radius 2 is 2.08 bits per heavy atom. The summed E-state index contributed by atoms with van der Waals surface area (Å²) in [6, 6.07) is 0. The third-order valence-electron chi connectivity index (χ3n) is 2.84. The van der Waals surface area contributed by atoms with E-state index in [1.807, 2.05) is 0 Å². The number of allylic oxidation sites excluding steroid dienone is 2. The second kappa shape index (κ2) is 3.01. The molecule has 13 heavy (non-hydrogen) atoms. The number of rotatable bonds is 0. The molecule has 1 aliphatic carbocycles. The quantitative estimate of drug-likeness (QED) is 0.434. The van der Waals surface area contributed by atoms with Gasteiger partial charge in [0.25, 0.3) is 0 Å². The van der Waals surface area contributed by atoms with Crippen LogP contribution in [-0.4, -0.2) is 31.7 Å². The number of likely N-dealkylation sites (tertiary alicyclic amines) is 1. The van der Waals surface area contributed by atoms with Crippen LogP contribution >= 0.6 is 23.2 Å². The van der Waals surface area contributed by atoms with Crippen LogP contribution in [0.3, 0.4) is 0 Å². The van der Waals surface area contributed by atoms with Gasteiger partial charge in [0.2, 0.25) is 0 Å². The van der Waals surface area contributed by atoms with E-state index in [9.17, 15) is 0 Å². The summed E-state index contributed by atoms with van der Waals surface area (Å²) in [5, 5.41) is 1.71. The number of hydrogen-bond acceptors (Lipinski definition) is 0. The molecule has 1 unspecified atom stereocenters. The van der Waals surface area contributed by atoms with Gasteiger partial charge >= 0.3 is 0 Å². The van der Waals surface area contributed by atoms with Gasteiger partial charge < -0.3 is 4.48 Å². The molecule has 1 fully saturated rings. The van der Waals surface area contributed by atoms with Gasteiger partial charge in [-0.3, -0.25) is 0 Å². The lowest BCUT2D eigenvalue weighted by molar-refractivity contribution is -0.876. The van der Waals surface area contributed by atoms with Gasteiger partial charge in [0.15, 0.2) is 0 Å². The summed E-state index contributed by atoms with van der Waals surface area (Å²) in [5.74, 6) is 0.401. The molecule has 3 heteroatoms. The summed E-state index contributed by atoms with van der Waals surface area (Å²) in [6.45, 7) is 2.20. The van der Waals surface area contributed by atoms with Gasteiger partial charge in [-0.2, -0.15) is 0 Å². The first-order valence-corrected chi connectivity index (χ1v) is 5.30. The minimum atomic E-state index is 0.401. The Morgan fingerprint density at radius 1 is 1.38 bits per heavy atom. The van der Waals surface area contributed by atoms with Crippen LogP contribution in [0, 0.1) is 5.92 Å². The van der Waals surface area contributed by atoms with Crippen molar-refractivity contribution in [1.82, 2.24) is 0 Å². The Kier molecular flexibility index (Phi) is 2.22. The van der Waals surface area contributed by atoms with Crippen molar-refractivity contribution in [3.63, 3.8) is 0 Å². The number of quaternary nitrogens is 1. The topological polar surface area (TPSA) is 0 Å². The largest absolute Gasteiger partial charge is 0.324 e. The Balaban J connectivity index is 2.31. The molecule has 72 valence electrons. The van der Waals surface area contributed by atoms with Crippen LogP contribution in [0.5, 0.6) is 0 Å². The van der Waals surface area contributed by atoms with Crippen LogP contribution in [0.15, 0.2) is 21.7 Å². The molecule has 0 aromatic heterocycles. The van der Waals surface area contributed by atoms with Gasteiger partial charge in [-0.25, -0.2) is 0 Å². The van der Waals surface area contributed by atoms with Crippen LogP contribution in [-0.2, 0) is 0 Å². The second-order valence-corrected chi connectivity index (χ2v) is 5.43. The van der Waals surface area contributed by atoms with Crippen molar-refractivity contribution in [1.29, 1.82) is 0 Å². The number of nitrogens with zero attached hydrogens (tertiary/aromatic N) is 1. The van der Waals surface area contributed by atoms with Crippen molar-refractivity contribution >= 4 is 23.2 Å². The Hall–Kier alpha value is 0.0200. The van der Waals surface area contributed by atoms with Crippen LogP contribution in [0.25, 0.3) is 0 Å². The summed E-state index contributed by atoms with van der Waals surface area (Å²) >= 11 is 12.2. The first-order valence-electron chi connectivity index (χ1n) is 4.54. The summed E-state index contributed by atoms with van der Waals surface area (Å²) in [4.78, 5) is 0. The number of hydrogen-bond donors (Lipinski definition) is 0. The molecule has 0 spiro atoms. The van der Waals surface area contributed by atoms with E-state index in [0.29, 0.717) is 5.92 Å². The molecule has 1 aliphatic heterocycles. The molecule has 1 heterocycles. The van der Waals surface area contributed by atoms with Gasteiger partial charge in [0.1, 0.15) is 6.54 Å². The monoisotopic (exact) mass is 218 g/mol. The zero-order chi connectivity index (χ0) is 9.64. The minimum absolute atomic E-state index is 0.401. The molecule has 0 N–H and O–H groups in total. The average Bonchev–Trinajstić information content (AvgIpc) is 2.34. The second-order valence-electron chi connectivity index (χ2n) is 4.57. The predicted octanol–water partition coefficient (Wildman–Crippen LogP) is 2.71. The van der Waals surface area contributed by atoms with E-state index >= 15 is 0 Å². The molecule has 0 aromatic rings. The minimum Gasteiger partial charge on any atom is -0.324 e. The van der Waals surface area contributed by atoms with Gasteiger partial charge in [0, 0.05) is 16.5 Å². The highest BCUT2D eigenvalue weighted by molar-refractivity contribution is 6.39. The lowest BCUT2D eigenvalue weighted by Crippen LogP contribution is -2.36. The summed E-state index contributed by atoms with van der Waals surface area (Å²) in [6.07, 6.45) is 3.07. The Morgan fingerprint density at radius 3 is 2.77 bits per heavy atom. The maximum Gasteiger partial charge on any atom is 0.101 e. The molecule has 2 rings (SSSR count). The van der Waals surface area contributed by atoms with Crippen LogP contribution in [0.1, 0.15) is 6.42 Å². The van der Waals surface area contributed by atoms with Crippen molar-refractivity contribution in [2.45, 2.75) is 6.42 Å². The SMILES string of the molecule is C[N+]1(C)CC2=CCC(Cl)=C(Cl)C2C1. The van der Waals surface area contributed by atoms with E-state index in [1.165, 1.54) is 5.57 Å². The van der Waals surface area contributed by atoms with E-state index in [2.05, 4.69) is 20.2 Å². The summed E-state index contributed by atoms with van der Waals surface area (Å²) < 4.78 is 1.02. The van der Waals surface area contributed by atoms with Gasteiger partial charge in [-0.15, -0.1) is 0 Å². The third kappa shape index (κ3) is 1.65. The molecule has 0 amide bonds. The third-order valence-corrected chi connectivity index (χ3v) is 3.79. The molecule has 0 bridgehead atoms. The fourth-order valence-corrected chi connectivity index (χ4v) is 2.73. The van der Waals surface area contributed by atoms with Gasteiger partial charge in [0.05, 0.1) is 26.6 Å². The normalized spacial score (nSPS) is 31.7. The van der Waals surface area contributed by atoms with E-state index in [4.69, 9.17) is 23.2 Å². The summed E-state index contributed by atoms with van der Waals surface area (Å²) in [5.41, 5.74) is 1.47. The predicted molar refractivity (Wildman–Crippen MR) is 56.8 cm³/mol. The highest BCUT2D eigenvalue weighted by Crippen LogP contribution is 2.40. The number of fused-ring (bicyclic) bond motifs is 1. The zero-order valence-electron chi connectivity index (χ0n) is 7.98. The van der Waals surface area contributed by atoms with E-state index in [-0.39, 0.29) is 0 Å². The maximum absolute atomic E-state index is 6.19. The van der Waals surface area contributed by atoms with Crippen LogP contribution < -0.4 is 0 Å². The molecule has 0 aromatic carbocycles. The molecule has 1 nitrogen and oxygen atoms in total. The number of likely N-dealkylation sites (N-methyl/N-ethyl adjacent to an activating group) is 1. The first kappa shape index (κ1) is 9.57. The van der Waals surface area contributed by atoms with Crippen molar-refractivity contribution in [3.05, 3.63) is 21.7 Å². The molecule has 0 radical (unpaired) electrons. The van der Waals surface area contributed by atoms with Crippen molar-refractivity contribution in [3.8, 4) is 0 Å². The molecular weight excluding hydrogens is 205 g/mol. The van der Waals surface area contributed by atoms with Gasteiger partial charge in [-0.1, -0.05) is 29.3 Å². The highest BCUT2D eigenvalue weighted by atomic mass is 35.5. The Bertz CT molecular complexity index is 302. The highest BCUT2D eigenvalue weighted by Gasteiger charge is 2.39. The molecule has 0 saturated carbocycles. The fraction of sp³-hybridized carbons (Fsp3) is 0.600. The smallest absolute Gasteiger partial charge is 0.101 e. The standard InChI is InChI=1S/C10H14Cl2N/c1-13(2)5-7-3-4-9(11)10(12)8(7)6-13/h3,8H,4-6H2,1-2H3/q+1. The van der Waals surface area contributed by atoms with E-state index < -0.39 is 0 Å². The lowest BCUT2D eigenvalue weighted by Gasteiger charge is -2.22. The maximum atomic E-state index is 6.19. The average molecular weight is 219 g/mol. The van der Waals surface area contributed by atoms with Crippen molar-refractivity contribution in [2.24, 2.45) is 5.92 Å². The lowest BCUT2D eigenvalue weighted by atomic mass is 9.96. The number of halogens is 2.